The van der Waals surface area contributed by atoms with E-state index in [0.717, 1.165) is 20.5 Å². The molecule has 3 aromatic carbocycles. The zero-order valence-corrected chi connectivity index (χ0v) is 27.9. The van der Waals surface area contributed by atoms with Gasteiger partial charge in [-0.2, -0.15) is 0 Å². The second-order valence-corrected chi connectivity index (χ2v) is 14.9. The van der Waals surface area contributed by atoms with Gasteiger partial charge in [-0.15, -0.1) is 0 Å². The summed E-state index contributed by atoms with van der Waals surface area (Å²) in [5, 5.41) is 21.8. The van der Waals surface area contributed by atoms with Crippen LogP contribution >= 0.6 is 0 Å². The van der Waals surface area contributed by atoms with Crippen LogP contribution in [0.2, 0.25) is 0 Å². The van der Waals surface area contributed by atoms with Crippen molar-refractivity contribution in [3.8, 4) is 11.1 Å². The molecular formula is C39H56BO3. The Balaban J connectivity index is 1.86. The highest BCUT2D eigenvalue weighted by atomic mass is 16.5. The third kappa shape index (κ3) is 7.94. The number of aliphatic hydroxyl groups excluding tert-OH is 1. The maximum absolute atomic E-state index is 9.92. The van der Waals surface area contributed by atoms with Crippen molar-refractivity contribution in [2.45, 2.75) is 124 Å². The Bertz CT molecular complexity index is 1330. The Hall–Kier alpha value is -2.14. The van der Waals surface area contributed by atoms with Crippen LogP contribution in [0.3, 0.4) is 0 Å². The van der Waals surface area contributed by atoms with Gasteiger partial charge in [-0.25, -0.2) is 0 Å². The Morgan fingerprint density at radius 2 is 1.33 bits per heavy atom. The first-order valence-electron chi connectivity index (χ1n) is 17.0. The standard InChI is InChI=1S/C39H56BO3/c1-7-9-11-13-21-39(22-14-12-10-8-2)35-24-30(26-38(5,6)28-43-40-42)16-19-33(35)34-20-17-31-23-29(25-37(3,4)27-41)15-18-32(31)36(34)39/h15-20,23-24,41-42H,7-14,21-22,25-28H2,1-6H3. The predicted octanol–water partition coefficient (Wildman–Crippen LogP) is 9.72. The van der Waals surface area contributed by atoms with E-state index in [2.05, 4.69) is 90.1 Å². The molecular weight excluding hydrogens is 527 g/mol. The summed E-state index contributed by atoms with van der Waals surface area (Å²) in [4.78, 5) is 0. The smallest absolute Gasteiger partial charge is 0.429 e. The second-order valence-electron chi connectivity index (χ2n) is 14.9. The molecule has 2 N–H and O–H groups in total. The average molecular weight is 584 g/mol. The Morgan fingerprint density at radius 3 is 1.95 bits per heavy atom. The number of hydrogen-bond acceptors (Lipinski definition) is 3. The van der Waals surface area contributed by atoms with Gasteiger partial charge in [0.1, 0.15) is 0 Å². The lowest BCUT2D eigenvalue weighted by Crippen LogP contribution is -2.27. The number of hydrogen-bond donors (Lipinski definition) is 2. The van der Waals surface area contributed by atoms with Gasteiger partial charge in [-0.3, -0.25) is 0 Å². The van der Waals surface area contributed by atoms with E-state index in [1.807, 2.05) is 0 Å². The molecule has 0 unspecified atom stereocenters. The molecule has 0 aliphatic heterocycles. The van der Waals surface area contributed by atoms with E-state index in [1.165, 1.54) is 103 Å². The van der Waals surface area contributed by atoms with Crippen molar-refractivity contribution < 1.29 is 14.8 Å². The van der Waals surface area contributed by atoms with Gasteiger partial charge >= 0.3 is 7.69 Å². The van der Waals surface area contributed by atoms with Gasteiger partial charge in [-0.05, 0) is 80.7 Å². The van der Waals surface area contributed by atoms with Crippen molar-refractivity contribution in [2.75, 3.05) is 13.2 Å². The molecule has 1 aliphatic carbocycles. The van der Waals surface area contributed by atoms with E-state index in [-0.39, 0.29) is 22.9 Å². The van der Waals surface area contributed by atoms with Crippen LogP contribution < -0.4 is 0 Å². The van der Waals surface area contributed by atoms with Crippen LogP contribution in [0, 0.1) is 10.8 Å². The lowest BCUT2D eigenvalue weighted by atomic mass is 9.69. The monoisotopic (exact) mass is 583 g/mol. The lowest BCUT2D eigenvalue weighted by Gasteiger charge is -2.34. The highest BCUT2D eigenvalue weighted by Gasteiger charge is 2.43. The molecule has 4 heteroatoms. The predicted molar refractivity (Wildman–Crippen MR) is 184 cm³/mol. The fourth-order valence-corrected chi connectivity index (χ4v) is 7.52. The van der Waals surface area contributed by atoms with Gasteiger partial charge in [0.15, 0.2) is 0 Å². The van der Waals surface area contributed by atoms with Crippen molar-refractivity contribution in [3.05, 3.63) is 70.8 Å². The molecule has 0 saturated heterocycles. The van der Waals surface area contributed by atoms with Crippen molar-refractivity contribution in [1.82, 2.24) is 0 Å². The summed E-state index contributed by atoms with van der Waals surface area (Å²) >= 11 is 0. The van der Waals surface area contributed by atoms with Crippen molar-refractivity contribution in [2.24, 2.45) is 10.8 Å². The summed E-state index contributed by atoms with van der Waals surface area (Å²) in [6.07, 6.45) is 14.3. The van der Waals surface area contributed by atoms with Crippen LogP contribution in [0.25, 0.3) is 21.9 Å². The molecule has 0 heterocycles. The van der Waals surface area contributed by atoms with Gasteiger partial charge < -0.3 is 14.8 Å². The van der Waals surface area contributed by atoms with Gasteiger partial charge in [0, 0.05) is 18.6 Å². The van der Waals surface area contributed by atoms with Crippen LogP contribution in [-0.2, 0) is 22.9 Å². The third-order valence-corrected chi connectivity index (χ3v) is 9.71. The molecule has 0 amide bonds. The average Bonchev–Trinajstić information content (AvgIpc) is 3.25. The van der Waals surface area contributed by atoms with E-state index in [0.29, 0.717) is 6.61 Å². The minimum Gasteiger partial charge on any atom is -0.429 e. The first kappa shape index (κ1) is 33.8. The van der Waals surface area contributed by atoms with Gasteiger partial charge in [0.05, 0.1) is 0 Å². The summed E-state index contributed by atoms with van der Waals surface area (Å²) in [7, 11) is 0.819. The Labute approximate surface area is 262 Å². The van der Waals surface area contributed by atoms with Crippen molar-refractivity contribution in [1.29, 1.82) is 0 Å². The molecule has 0 atom stereocenters. The summed E-state index contributed by atoms with van der Waals surface area (Å²) in [6.45, 7) is 14.0. The molecule has 1 radical (unpaired) electrons. The molecule has 0 bridgehead atoms. The van der Waals surface area contributed by atoms with Gasteiger partial charge in [0.25, 0.3) is 0 Å². The van der Waals surface area contributed by atoms with E-state index in [4.69, 9.17) is 9.68 Å². The van der Waals surface area contributed by atoms with E-state index in [1.54, 1.807) is 5.56 Å². The maximum atomic E-state index is 9.92. The van der Waals surface area contributed by atoms with Crippen LogP contribution in [0.1, 0.15) is 128 Å². The SMILES string of the molecule is CCCCCCC1(CCCCCC)c2cc(CC(C)(C)CO[B]O)ccc2-c2ccc3cc(CC(C)(C)CO)ccc3c21. The highest BCUT2D eigenvalue weighted by Crippen LogP contribution is 2.56. The van der Waals surface area contributed by atoms with Gasteiger partial charge in [0.2, 0.25) is 0 Å². The molecule has 3 nitrogen and oxygen atoms in total. The van der Waals surface area contributed by atoms with Crippen molar-refractivity contribution >= 4 is 18.5 Å². The Kier molecular flexibility index (Phi) is 11.6. The lowest BCUT2D eigenvalue weighted by molar-refractivity contribution is 0.159. The molecule has 1 aliphatic rings. The molecule has 0 saturated carbocycles. The first-order chi connectivity index (χ1) is 20.6. The maximum Gasteiger partial charge on any atom is 0.485 e. The molecule has 43 heavy (non-hydrogen) atoms. The van der Waals surface area contributed by atoms with Gasteiger partial charge in [-0.1, -0.05) is 141 Å². The summed E-state index contributed by atoms with van der Waals surface area (Å²) in [5.41, 5.74) is 8.34. The Morgan fingerprint density at radius 1 is 0.721 bits per heavy atom. The van der Waals surface area contributed by atoms with E-state index >= 15 is 0 Å². The second kappa shape index (κ2) is 14.8. The number of unbranched alkanes of at least 4 members (excludes halogenated alkanes) is 6. The van der Waals surface area contributed by atoms with Crippen LogP contribution in [0.15, 0.2) is 48.5 Å². The highest BCUT2D eigenvalue weighted by molar-refractivity contribution is 6.15. The fraction of sp³-hybridized carbons (Fsp3) is 0.590. The summed E-state index contributed by atoms with van der Waals surface area (Å²) in [6, 6.07) is 19.0. The number of rotatable bonds is 18. The first-order valence-corrected chi connectivity index (χ1v) is 17.0. The van der Waals surface area contributed by atoms with Crippen LogP contribution in [0.5, 0.6) is 0 Å². The van der Waals surface area contributed by atoms with E-state index in [9.17, 15) is 5.11 Å². The third-order valence-electron chi connectivity index (χ3n) is 9.71. The summed E-state index contributed by atoms with van der Waals surface area (Å²) in [5.74, 6) is 0. The fourth-order valence-electron chi connectivity index (χ4n) is 7.52. The van der Waals surface area contributed by atoms with E-state index < -0.39 is 0 Å². The molecule has 0 spiro atoms. The summed E-state index contributed by atoms with van der Waals surface area (Å²) < 4.78 is 5.32. The molecule has 0 aromatic heterocycles. The van der Waals surface area contributed by atoms with Crippen LogP contribution in [-0.4, -0.2) is 31.0 Å². The molecule has 233 valence electrons. The number of benzene rings is 3. The molecule has 4 rings (SSSR count). The zero-order chi connectivity index (χ0) is 31.1. The van der Waals surface area contributed by atoms with Crippen molar-refractivity contribution in [3.63, 3.8) is 0 Å². The number of aliphatic hydroxyl groups is 1. The topological polar surface area (TPSA) is 49.7 Å². The normalized spacial score (nSPS) is 14.2. The largest absolute Gasteiger partial charge is 0.485 e. The van der Waals surface area contributed by atoms with Crippen LogP contribution in [0.4, 0.5) is 0 Å². The molecule has 3 aromatic rings. The zero-order valence-electron chi connectivity index (χ0n) is 27.9. The quantitative estimate of drug-likeness (QED) is 0.116. The minimum atomic E-state index is -0.132. The molecule has 0 fully saturated rings. The minimum absolute atomic E-state index is 0.00702. The number of fused-ring (bicyclic) bond motifs is 5.